The highest BCUT2D eigenvalue weighted by atomic mass is 127. The van der Waals surface area contributed by atoms with Crippen LogP contribution in [0.2, 0.25) is 0 Å². The molecule has 0 spiro atoms. The zero-order valence-corrected chi connectivity index (χ0v) is 12.1. The zero-order chi connectivity index (χ0) is 11.6. The molecule has 0 aliphatic carbocycles. The van der Waals surface area contributed by atoms with Crippen LogP contribution in [0.5, 0.6) is 5.75 Å². The van der Waals surface area contributed by atoms with Crippen molar-refractivity contribution in [1.29, 1.82) is 0 Å². The summed E-state index contributed by atoms with van der Waals surface area (Å²) in [4.78, 5) is 0. The molecule has 0 unspecified atom stereocenters. The first-order valence-corrected chi connectivity index (χ1v) is 7.11. The Labute approximate surface area is 113 Å². The average Bonchev–Trinajstić information content (AvgIpc) is 2.30. The monoisotopic (exact) mass is 331 g/mol. The van der Waals surface area contributed by atoms with E-state index in [4.69, 9.17) is 4.74 Å². The van der Waals surface area contributed by atoms with Gasteiger partial charge in [-0.1, -0.05) is 26.2 Å². The van der Waals surface area contributed by atoms with Gasteiger partial charge in [0.15, 0.2) is 0 Å². The summed E-state index contributed by atoms with van der Waals surface area (Å²) in [6, 6.07) is 8.21. The van der Waals surface area contributed by atoms with Gasteiger partial charge in [0.2, 0.25) is 0 Å². The summed E-state index contributed by atoms with van der Waals surface area (Å²) < 4.78 is 6.90. The van der Waals surface area contributed by atoms with Crippen LogP contribution in [0, 0.1) is 9.99 Å². The fourth-order valence-corrected chi connectivity index (χ4v) is 1.82. The van der Waals surface area contributed by atoms with Gasteiger partial charge in [0.1, 0.15) is 5.75 Å². The van der Waals surface area contributed by atoms with Crippen LogP contribution in [-0.2, 0) is 0 Å². The fourth-order valence-electron chi connectivity index (χ4n) is 1.46. The number of ether oxygens (including phenoxy) is 1. The van der Waals surface area contributed by atoms with Crippen LogP contribution in [0.3, 0.4) is 0 Å². The summed E-state index contributed by atoms with van der Waals surface area (Å²) in [5.74, 6) is 0.984. The number of halogens is 1. The van der Waals surface area contributed by atoms with Crippen molar-refractivity contribution in [2.75, 3.05) is 6.61 Å². The van der Waals surface area contributed by atoms with Gasteiger partial charge in [0.05, 0.1) is 6.61 Å². The van der Waals surface area contributed by atoms with Crippen molar-refractivity contribution >= 4 is 22.6 Å². The fraction of sp³-hybridized carbons (Fsp3) is 0.500. The number of hydrogen-bond donors (Lipinski definition) is 0. The van der Waals surface area contributed by atoms with Crippen molar-refractivity contribution in [1.82, 2.24) is 0 Å². The molecule has 0 heterocycles. The molecule has 0 saturated heterocycles. The Morgan fingerprint density at radius 2 is 1.88 bits per heavy atom. The van der Waals surface area contributed by atoms with Crippen molar-refractivity contribution in [2.24, 2.45) is 0 Å². The minimum Gasteiger partial charge on any atom is -0.494 e. The highest BCUT2D eigenvalue weighted by Crippen LogP contribution is 2.14. The van der Waals surface area contributed by atoms with Gasteiger partial charge in [-0.25, -0.2) is 0 Å². The third-order valence-corrected chi connectivity index (χ3v) is 3.10. The minimum atomic E-state index is 0.834. The molecule has 0 atom stereocenters. The maximum atomic E-state index is 5.65. The summed E-state index contributed by atoms with van der Waals surface area (Å²) in [6.45, 7) is 3.05. The third kappa shape index (κ3) is 6.36. The Balaban J connectivity index is 2.01. The molecular formula is C14H20IO. The van der Waals surface area contributed by atoms with Gasteiger partial charge < -0.3 is 4.74 Å². The lowest BCUT2D eigenvalue weighted by Gasteiger charge is -2.05. The van der Waals surface area contributed by atoms with E-state index in [1.165, 1.54) is 29.3 Å². The molecule has 2 heteroatoms. The van der Waals surface area contributed by atoms with Crippen LogP contribution in [0.25, 0.3) is 0 Å². The van der Waals surface area contributed by atoms with Gasteiger partial charge >= 0.3 is 0 Å². The predicted octanol–water partition coefficient (Wildman–Crippen LogP) is 4.84. The van der Waals surface area contributed by atoms with Gasteiger partial charge in [-0.3, -0.25) is 0 Å². The molecular weight excluding hydrogens is 311 g/mol. The van der Waals surface area contributed by atoms with E-state index < -0.39 is 0 Å². The maximum absolute atomic E-state index is 5.65. The summed E-state index contributed by atoms with van der Waals surface area (Å²) in [7, 11) is 0. The van der Waals surface area contributed by atoms with E-state index >= 15 is 0 Å². The highest BCUT2D eigenvalue weighted by molar-refractivity contribution is 14.1. The lowest BCUT2D eigenvalue weighted by molar-refractivity contribution is 0.306. The standard InChI is InChI=1S/C14H20IO/c1-2-3-4-5-6-7-12-16-14-10-8-13(15)9-11-14/h4,8-11H,2-3,5-7,12H2,1H3. The average molecular weight is 331 g/mol. The van der Waals surface area contributed by atoms with Gasteiger partial charge in [0.25, 0.3) is 0 Å². The van der Waals surface area contributed by atoms with Crippen LogP contribution in [0.4, 0.5) is 0 Å². The topological polar surface area (TPSA) is 9.23 Å². The van der Waals surface area contributed by atoms with Gasteiger partial charge in [-0.05, 0) is 66.1 Å². The second-order valence-corrected chi connectivity index (χ2v) is 5.12. The number of hydrogen-bond acceptors (Lipinski definition) is 1. The van der Waals surface area contributed by atoms with Crippen LogP contribution in [0.15, 0.2) is 24.3 Å². The normalized spacial score (nSPS) is 10.4. The van der Waals surface area contributed by atoms with Crippen molar-refractivity contribution in [3.8, 4) is 5.75 Å². The van der Waals surface area contributed by atoms with Gasteiger partial charge in [-0.15, -0.1) is 0 Å². The van der Waals surface area contributed by atoms with Crippen LogP contribution in [-0.4, -0.2) is 6.61 Å². The predicted molar refractivity (Wildman–Crippen MR) is 77.7 cm³/mol. The lowest BCUT2D eigenvalue weighted by Crippen LogP contribution is -1.97. The van der Waals surface area contributed by atoms with E-state index in [1.54, 1.807) is 0 Å². The molecule has 0 bridgehead atoms. The molecule has 0 fully saturated rings. The quantitative estimate of drug-likeness (QED) is 0.489. The largest absolute Gasteiger partial charge is 0.494 e. The second kappa shape index (κ2) is 8.85. The van der Waals surface area contributed by atoms with Crippen molar-refractivity contribution in [3.05, 3.63) is 34.3 Å². The van der Waals surface area contributed by atoms with Gasteiger partial charge in [0, 0.05) is 3.57 Å². The van der Waals surface area contributed by atoms with Crippen molar-refractivity contribution in [3.63, 3.8) is 0 Å². The molecule has 1 rings (SSSR count). The third-order valence-electron chi connectivity index (χ3n) is 2.38. The van der Waals surface area contributed by atoms with E-state index in [9.17, 15) is 0 Å². The molecule has 1 radical (unpaired) electrons. The van der Waals surface area contributed by atoms with Crippen LogP contribution < -0.4 is 4.74 Å². The van der Waals surface area contributed by atoms with E-state index in [0.717, 1.165) is 18.8 Å². The lowest BCUT2D eigenvalue weighted by atomic mass is 10.1. The maximum Gasteiger partial charge on any atom is 0.119 e. The van der Waals surface area contributed by atoms with Crippen molar-refractivity contribution in [2.45, 2.75) is 39.0 Å². The molecule has 0 aromatic heterocycles. The van der Waals surface area contributed by atoms with Crippen LogP contribution in [0.1, 0.15) is 39.0 Å². The number of benzene rings is 1. The second-order valence-electron chi connectivity index (χ2n) is 3.88. The summed E-state index contributed by atoms with van der Waals surface area (Å²) in [5, 5.41) is 0. The summed E-state index contributed by atoms with van der Waals surface area (Å²) in [6.07, 6.45) is 8.50. The number of rotatable bonds is 8. The minimum absolute atomic E-state index is 0.834. The molecule has 0 amide bonds. The Morgan fingerprint density at radius 1 is 1.12 bits per heavy atom. The molecule has 16 heavy (non-hydrogen) atoms. The van der Waals surface area contributed by atoms with E-state index in [0.29, 0.717) is 0 Å². The highest BCUT2D eigenvalue weighted by Gasteiger charge is 1.94. The Morgan fingerprint density at radius 3 is 2.56 bits per heavy atom. The Hall–Kier alpha value is -0.250. The molecule has 1 nitrogen and oxygen atoms in total. The molecule has 0 aliphatic rings. The van der Waals surface area contributed by atoms with Crippen molar-refractivity contribution < 1.29 is 4.74 Å². The van der Waals surface area contributed by atoms with E-state index in [-0.39, 0.29) is 0 Å². The van der Waals surface area contributed by atoms with E-state index in [1.807, 2.05) is 12.1 Å². The molecule has 1 aromatic rings. The summed E-state index contributed by atoms with van der Waals surface area (Å²) in [5.41, 5.74) is 0. The molecule has 0 N–H and O–H groups in total. The molecule has 1 aromatic carbocycles. The first-order chi connectivity index (χ1) is 7.83. The van der Waals surface area contributed by atoms with Crippen LogP contribution >= 0.6 is 22.6 Å². The molecule has 0 aliphatic heterocycles. The van der Waals surface area contributed by atoms with Gasteiger partial charge in [-0.2, -0.15) is 0 Å². The smallest absolute Gasteiger partial charge is 0.119 e. The molecule has 89 valence electrons. The first-order valence-electron chi connectivity index (χ1n) is 6.03. The first kappa shape index (κ1) is 13.8. The summed E-state index contributed by atoms with van der Waals surface area (Å²) >= 11 is 2.30. The Bertz CT molecular complexity index is 269. The zero-order valence-electron chi connectivity index (χ0n) is 9.92. The Kier molecular flexibility index (Phi) is 7.64. The SMILES string of the molecule is CCC[CH]CCCCOc1ccc(I)cc1. The molecule has 0 saturated carbocycles. The van der Waals surface area contributed by atoms with E-state index in [2.05, 4.69) is 48.1 Å². The number of unbranched alkanes of at least 4 members (excludes halogenated alkanes) is 5.